The lowest BCUT2D eigenvalue weighted by Gasteiger charge is -2.17. The van der Waals surface area contributed by atoms with E-state index in [1.165, 1.54) is 0 Å². The molecule has 0 amide bonds. The molecule has 0 aliphatic heterocycles. The molecular formula is C10H14BrNO3S. The van der Waals surface area contributed by atoms with Crippen LogP contribution in [0, 0.1) is 0 Å². The summed E-state index contributed by atoms with van der Waals surface area (Å²) in [6, 6.07) is 6.46. The first-order valence-electron chi connectivity index (χ1n) is 4.77. The largest absolute Gasteiger partial charge is 0.399 e. The van der Waals surface area contributed by atoms with E-state index in [0.29, 0.717) is 11.3 Å². The molecule has 0 heterocycles. The molecule has 0 unspecified atom stereocenters. The Bertz CT molecular complexity index is 444. The van der Waals surface area contributed by atoms with E-state index in [9.17, 15) is 13.5 Å². The van der Waals surface area contributed by atoms with Crippen molar-refractivity contribution in [2.45, 2.75) is 17.2 Å². The Hall–Kier alpha value is -0.590. The highest BCUT2D eigenvalue weighted by Gasteiger charge is 2.29. The van der Waals surface area contributed by atoms with E-state index in [4.69, 9.17) is 5.73 Å². The van der Waals surface area contributed by atoms with Crippen LogP contribution < -0.4 is 5.73 Å². The van der Waals surface area contributed by atoms with E-state index < -0.39 is 20.1 Å². The minimum Gasteiger partial charge on any atom is -0.399 e. The second-order valence-electron chi connectivity index (χ2n) is 3.41. The van der Waals surface area contributed by atoms with Crippen molar-refractivity contribution in [2.75, 3.05) is 11.5 Å². The number of rotatable bonds is 4. The van der Waals surface area contributed by atoms with E-state index in [2.05, 4.69) is 15.9 Å². The van der Waals surface area contributed by atoms with Crippen LogP contribution in [0.4, 0.5) is 5.69 Å². The number of halogens is 1. The Morgan fingerprint density at radius 2 is 1.88 bits per heavy atom. The standard InChI is InChI=1S/C10H14BrNO3S/c1-2-16(14,15)10(11)9(13)7-3-5-8(12)6-4-7/h3-6,9-10,13H,2,12H2,1H3/t9-,10+/m1/s1. The van der Waals surface area contributed by atoms with Gasteiger partial charge in [0.1, 0.15) is 10.3 Å². The van der Waals surface area contributed by atoms with Gasteiger partial charge in [-0.15, -0.1) is 0 Å². The maximum atomic E-state index is 11.5. The molecule has 3 N–H and O–H groups in total. The fourth-order valence-corrected chi connectivity index (χ4v) is 3.17. The number of benzene rings is 1. The molecule has 1 aromatic carbocycles. The normalized spacial score (nSPS) is 15.7. The minimum absolute atomic E-state index is 0.0189. The molecule has 0 saturated heterocycles. The van der Waals surface area contributed by atoms with Crippen LogP contribution in [0.3, 0.4) is 0 Å². The fourth-order valence-electron chi connectivity index (χ4n) is 1.20. The number of nitrogen functional groups attached to an aromatic ring is 1. The monoisotopic (exact) mass is 307 g/mol. The zero-order chi connectivity index (χ0) is 12.3. The van der Waals surface area contributed by atoms with Crippen LogP contribution in [0.1, 0.15) is 18.6 Å². The van der Waals surface area contributed by atoms with Crippen LogP contribution in [0.5, 0.6) is 0 Å². The van der Waals surface area contributed by atoms with Crippen LogP contribution in [0.25, 0.3) is 0 Å². The molecule has 4 nitrogen and oxygen atoms in total. The summed E-state index contributed by atoms with van der Waals surface area (Å²) < 4.78 is 22.1. The first-order valence-corrected chi connectivity index (χ1v) is 7.40. The molecule has 0 aliphatic carbocycles. The highest BCUT2D eigenvalue weighted by Crippen LogP contribution is 2.27. The van der Waals surface area contributed by atoms with E-state index in [1.807, 2.05) is 0 Å². The van der Waals surface area contributed by atoms with Crippen molar-refractivity contribution >= 4 is 31.5 Å². The fraction of sp³-hybridized carbons (Fsp3) is 0.400. The average Bonchev–Trinajstić information content (AvgIpc) is 2.28. The molecule has 1 aromatic rings. The van der Waals surface area contributed by atoms with Gasteiger partial charge < -0.3 is 10.8 Å². The number of aliphatic hydroxyl groups is 1. The molecule has 0 fully saturated rings. The van der Waals surface area contributed by atoms with Crippen LogP contribution >= 0.6 is 15.9 Å². The molecule has 1 rings (SSSR count). The predicted octanol–water partition coefficient (Wildman–Crippen LogP) is 1.46. The summed E-state index contributed by atoms with van der Waals surface area (Å²) in [6.45, 7) is 1.54. The molecule has 0 bridgehead atoms. The van der Waals surface area contributed by atoms with Crippen molar-refractivity contribution in [3.05, 3.63) is 29.8 Å². The Kier molecular flexibility index (Phi) is 4.35. The van der Waals surface area contributed by atoms with Crippen LogP contribution in [-0.2, 0) is 9.84 Å². The summed E-state index contributed by atoms with van der Waals surface area (Å²) >= 11 is 3.01. The second kappa shape index (κ2) is 5.16. The van der Waals surface area contributed by atoms with Gasteiger partial charge in [0.15, 0.2) is 9.84 Å². The second-order valence-corrected chi connectivity index (χ2v) is 7.42. The third-order valence-electron chi connectivity index (χ3n) is 2.27. The van der Waals surface area contributed by atoms with E-state index in [0.717, 1.165) is 0 Å². The smallest absolute Gasteiger partial charge is 0.165 e. The van der Waals surface area contributed by atoms with Crippen molar-refractivity contribution in [1.82, 2.24) is 0 Å². The maximum Gasteiger partial charge on any atom is 0.165 e. The van der Waals surface area contributed by atoms with Gasteiger partial charge in [-0.1, -0.05) is 35.0 Å². The van der Waals surface area contributed by atoms with Gasteiger partial charge in [0, 0.05) is 11.4 Å². The minimum atomic E-state index is -3.32. The third kappa shape index (κ3) is 2.96. The number of anilines is 1. The van der Waals surface area contributed by atoms with E-state index >= 15 is 0 Å². The van der Waals surface area contributed by atoms with Crippen LogP contribution in [0.15, 0.2) is 24.3 Å². The highest BCUT2D eigenvalue weighted by molar-refractivity contribution is 9.11. The Morgan fingerprint density at radius 1 is 1.38 bits per heavy atom. The van der Waals surface area contributed by atoms with E-state index in [-0.39, 0.29) is 5.75 Å². The molecule has 16 heavy (non-hydrogen) atoms. The van der Waals surface area contributed by atoms with Crippen molar-refractivity contribution in [3.8, 4) is 0 Å². The molecule has 2 atom stereocenters. The average molecular weight is 308 g/mol. The van der Waals surface area contributed by atoms with Gasteiger partial charge in [0.25, 0.3) is 0 Å². The highest BCUT2D eigenvalue weighted by atomic mass is 79.9. The van der Waals surface area contributed by atoms with E-state index in [1.54, 1.807) is 31.2 Å². The molecule has 90 valence electrons. The molecule has 0 saturated carbocycles. The summed E-state index contributed by atoms with van der Waals surface area (Å²) in [5.41, 5.74) is 6.59. The molecule has 6 heteroatoms. The Balaban J connectivity index is 2.94. The first-order chi connectivity index (χ1) is 7.38. The number of aliphatic hydroxyl groups excluding tert-OH is 1. The Morgan fingerprint density at radius 3 is 2.31 bits per heavy atom. The van der Waals surface area contributed by atoms with Gasteiger partial charge in [-0.3, -0.25) is 0 Å². The van der Waals surface area contributed by atoms with Crippen LogP contribution in [0.2, 0.25) is 0 Å². The quantitative estimate of drug-likeness (QED) is 0.652. The summed E-state index contributed by atoms with van der Waals surface area (Å²) in [5.74, 6) is -0.0189. The number of sulfone groups is 1. The maximum absolute atomic E-state index is 11.5. The number of hydrogen-bond acceptors (Lipinski definition) is 4. The van der Waals surface area contributed by atoms with Crippen molar-refractivity contribution < 1.29 is 13.5 Å². The van der Waals surface area contributed by atoms with Gasteiger partial charge in [-0.2, -0.15) is 0 Å². The lowest BCUT2D eigenvalue weighted by molar-refractivity contribution is 0.195. The van der Waals surface area contributed by atoms with Crippen LogP contribution in [-0.4, -0.2) is 23.4 Å². The molecule has 0 aliphatic rings. The van der Waals surface area contributed by atoms with Crippen molar-refractivity contribution in [1.29, 1.82) is 0 Å². The Labute approximate surface area is 104 Å². The molecule has 0 spiro atoms. The zero-order valence-corrected chi connectivity index (χ0v) is 11.2. The SMILES string of the molecule is CCS(=O)(=O)[C@H](Br)[C@H](O)c1ccc(N)cc1. The molecule has 0 radical (unpaired) electrons. The topological polar surface area (TPSA) is 80.4 Å². The molecular weight excluding hydrogens is 294 g/mol. The summed E-state index contributed by atoms with van der Waals surface area (Å²) in [4.78, 5) is 0. The zero-order valence-electron chi connectivity index (χ0n) is 8.80. The number of alkyl halides is 1. The number of nitrogens with two attached hydrogens (primary N) is 1. The first kappa shape index (κ1) is 13.5. The summed E-state index contributed by atoms with van der Waals surface area (Å²) in [6.07, 6.45) is -1.09. The summed E-state index contributed by atoms with van der Waals surface area (Å²) in [5, 5.41) is 9.88. The van der Waals surface area contributed by atoms with Gasteiger partial charge in [-0.05, 0) is 17.7 Å². The lowest BCUT2D eigenvalue weighted by atomic mass is 10.1. The van der Waals surface area contributed by atoms with Gasteiger partial charge in [-0.25, -0.2) is 8.42 Å². The predicted molar refractivity (Wildman–Crippen MR) is 68.0 cm³/mol. The van der Waals surface area contributed by atoms with Gasteiger partial charge in [0.2, 0.25) is 0 Å². The molecule has 0 aromatic heterocycles. The van der Waals surface area contributed by atoms with Gasteiger partial charge >= 0.3 is 0 Å². The summed E-state index contributed by atoms with van der Waals surface area (Å²) in [7, 11) is -3.32. The number of hydrogen-bond donors (Lipinski definition) is 2. The third-order valence-corrected chi connectivity index (χ3v) is 6.23. The van der Waals surface area contributed by atoms with Gasteiger partial charge in [0.05, 0.1) is 0 Å². The lowest BCUT2D eigenvalue weighted by Crippen LogP contribution is -2.24. The van der Waals surface area contributed by atoms with Crippen molar-refractivity contribution in [3.63, 3.8) is 0 Å². The van der Waals surface area contributed by atoms with Crippen molar-refractivity contribution in [2.24, 2.45) is 0 Å².